The van der Waals surface area contributed by atoms with Crippen LogP contribution in [0, 0.1) is 23.7 Å². The first kappa shape index (κ1) is 11.9. The summed E-state index contributed by atoms with van der Waals surface area (Å²) in [7, 11) is 0. The fourth-order valence-corrected chi connectivity index (χ4v) is 5.51. The van der Waals surface area contributed by atoms with Crippen molar-refractivity contribution in [2.24, 2.45) is 29.4 Å². The summed E-state index contributed by atoms with van der Waals surface area (Å²) in [5, 5.41) is 0. The van der Waals surface area contributed by atoms with Crippen molar-refractivity contribution in [3.63, 3.8) is 0 Å². The lowest BCUT2D eigenvalue weighted by atomic mass is 9.66. The van der Waals surface area contributed by atoms with E-state index in [1.807, 2.05) is 12.3 Å². The summed E-state index contributed by atoms with van der Waals surface area (Å²) in [4.78, 5) is 4.71. The number of hydrogen-bond donors (Lipinski definition) is 1. The van der Waals surface area contributed by atoms with Gasteiger partial charge < -0.3 is 5.73 Å². The lowest BCUT2D eigenvalue weighted by molar-refractivity contribution is 0.140. The predicted molar refractivity (Wildman–Crippen MR) is 76.5 cm³/mol. The van der Waals surface area contributed by atoms with Crippen LogP contribution in [0.2, 0.25) is 0 Å². The summed E-state index contributed by atoms with van der Waals surface area (Å²) in [6.07, 6.45) is 10.7. The van der Waals surface area contributed by atoms with Crippen LogP contribution < -0.4 is 5.73 Å². The molecule has 3 fully saturated rings. The van der Waals surface area contributed by atoms with Gasteiger partial charge in [-0.1, -0.05) is 18.9 Å². The third-order valence-corrected chi connectivity index (χ3v) is 6.18. The van der Waals surface area contributed by atoms with E-state index in [0.29, 0.717) is 12.5 Å². The number of aromatic nitrogens is 1. The molecule has 1 heterocycles. The van der Waals surface area contributed by atoms with Gasteiger partial charge in [0.1, 0.15) is 0 Å². The maximum absolute atomic E-state index is 5.91. The average Bonchev–Trinajstić information content (AvgIpc) is 3.06. The van der Waals surface area contributed by atoms with E-state index in [1.165, 1.54) is 49.8 Å². The summed E-state index contributed by atoms with van der Waals surface area (Å²) in [5.74, 6) is 4.68. The SMILES string of the molecule is NCc1cccnc1C1CC2CC1C1CCCCC21. The third kappa shape index (κ3) is 1.76. The summed E-state index contributed by atoms with van der Waals surface area (Å²) in [6, 6.07) is 4.20. The molecule has 3 aliphatic rings. The smallest absolute Gasteiger partial charge is 0.0482 e. The minimum Gasteiger partial charge on any atom is -0.326 e. The van der Waals surface area contributed by atoms with Gasteiger partial charge in [0.25, 0.3) is 0 Å². The summed E-state index contributed by atoms with van der Waals surface area (Å²) < 4.78 is 0. The van der Waals surface area contributed by atoms with Gasteiger partial charge in [-0.15, -0.1) is 0 Å². The van der Waals surface area contributed by atoms with Crippen LogP contribution in [0.3, 0.4) is 0 Å². The van der Waals surface area contributed by atoms with Gasteiger partial charge in [0.05, 0.1) is 0 Å². The van der Waals surface area contributed by atoms with Gasteiger partial charge in [-0.3, -0.25) is 4.98 Å². The van der Waals surface area contributed by atoms with Crippen LogP contribution in [0.15, 0.2) is 18.3 Å². The van der Waals surface area contributed by atoms with Gasteiger partial charge in [0, 0.05) is 24.4 Å². The highest BCUT2D eigenvalue weighted by atomic mass is 14.7. The van der Waals surface area contributed by atoms with E-state index in [-0.39, 0.29) is 0 Å². The highest BCUT2D eigenvalue weighted by molar-refractivity contribution is 5.27. The van der Waals surface area contributed by atoms with Gasteiger partial charge >= 0.3 is 0 Å². The zero-order valence-electron chi connectivity index (χ0n) is 11.6. The Kier molecular flexibility index (Phi) is 2.87. The molecule has 2 N–H and O–H groups in total. The Bertz CT molecular complexity index is 470. The number of fused-ring (bicyclic) bond motifs is 5. The van der Waals surface area contributed by atoms with Crippen molar-refractivity contribution in [2.45, 2.75) is 51.0 Å². The quantitative estimate of drug-likeness (QED) is 0.880. The molecule has 0 aromatic carbocycles. The van der Waals surface area contributed by atoms with E-state index in [2.05, 4.69) is 6.07 Å². The van der Waals surface area contributed by atoms with Crippen LogP contribution >= 0.6 is 0 Å². The number of rotatable bonds is 2. The second kappa shape index (κ2) is 4.59. The van der Waals surface area contributed by atoms with Crippen LogP contribution in [0.4, 0.5) is 0 Å². The minimum absolute atomic E-state index is 0.644. The average molecular weight is 256 g/mol. The van der Waals surface area contributed by atoms with Crippen molar-refractivity contribution in [1.82, 2.24) is 4.98 Å². The lowest BCUT2D eigenvalue weighted by Gasteiger charge is -2.39. The summed E-state index contributed by atoms with van der Waals surface area (Å²) >= 11 is 0. The van der Waals surface area contributed by atoms with Gasteiger partial charge in [-0.05, 0) is 61.0 Å². The molecule has 3 saturated carbocycles. The Morgan fingerprint density at radius 3 is 2.79 bits per heavy atom. The molecule has 2 heteroatoms. The van der Waals surface area contributed by atoms with E-state index >= 15 is 0 Å². The van der Waals surface area contributed by atoms with Crippen molar-refractivity contribution in [1.29, 1.82) is 0 Å². The molecule has 1 aromatic rings. The van der Waals surface area contributed by atoms with Gasteiger partial charge in [0.15, 0.2) is 0 Å². The van der Waals surface area contributed by atoms with Crippen molar-refractivity contribution >= 4 is 0 Å². The molecule has 0 aliphatic heterocycles. The van der Waals surface area contributed by atoms with Crippen molar-refractivity contribution in [2.75, 3.05) is 0 Å². The number of nitrogens with zero attached hydrogens (tertiary/aromatic N) is 1. The molecule has 19 heavy (non-hydrogen) atoms. The maximum atomic E-state index is 5.91. The highest BCUT2D eigenvalue weighted by Gasteiger charge is 2.53. The molecule has 0 amide bonds. The largest absolute Gasteiger partial charge is 0.326 e. The molecular weight excluding hydrogens is 232 g/mol. The van der Waals surface area contributed by atoms with Crippen LogP contribution in [-0.2, 0) is 6.54 Å². The number of nitrogens with two attached hydrogens (primary N) is 1. The Balaban J connectivity index is 1.64. The Morgan fingerprint density at radius 2 is 1.95 bits per heavy atom. The standard InChI is InChI=1S/C17H24N2/c18-10-11-4-3-7-19-17(11)16-9-12-8-15(16)14-6-2-1-5-13(12)14/h3-4,7,12-16H,1-2,5-6,8-10,18H2. The Morgan fingerprint density at radius 1 is 1.11 bits per heavy atom. The van der Waals surface area contributed by atoms with E-state index in [9.17, 15) is 0 Å². The molecule has 3 aliphatic carbocycles. The first-order valence-electron chi connectivity index (χ1n) is 8.02. The first-order valence-corrected chi connectivity index (χ1v) is 8.02. The summed E-state index contributed by atoms with van der Waals surface area (Å²) in [6.45, 7) is 0.644. The maximum Gasteiger partial charge on any atom is 0.0482 e. The third-order valence-electron chi connectivity index (χ3n) is 6.18. The van der Waals surface area contributed by atoms with Gasteiger partial charge in [-0.2, -0.15) is 0 Å². The molecular formula is C17H24N2. The van der Waals surface area contributed by atoms with Crippen molar-refractivity contribution < 1.29 is 0 Å². The van der Waals surface area contributed by atoms with E-state index in [0.717, 1.165) is 23.7 Å². The zero-order valence-corrected chi connectivity index (χ0v) is 11.6. The molecule has 102 valence electrons. The Labute approximate surface area is 115 Å². The van der Waals surface area contributed by atoms with Crippen LogP contribution in [-0.4, -0.2) is 4.98 Å². The molecule has 0 spiro atoms. The second-order valence-corrected chi connectivity index (χ2v) is 6.87. The molecule has 5 unspecified atom stereocenters. The molecule has 0 radical (unpaired) electrons. The zero-order chi connectivity index (χ0) is 12.8. The van der Waals surface area contributed by atoms with E-state index in [1.54, 1.807) is 0 Å². The van der Waals surface area contributed by atoms with Gasteiger partial charge in [0.2, 0.25) is 0 Å². The van der Waals surface area contributed by atoms with Crippen LogP contribution in [0.1, 0.15) is 55.7 Å². The fourth-order valence-electron chi connectivity index (χ4n) is 5.51. The van der Waals surface area contributed by atoms with Crippen molar-refractivity contribution in [3.8, 4) is 0 Å². The van der Waals surface area contributed by atoms with E-state index < -0.39 is 0 Å². The molecule has 0 saturated heterocycles. The lowest BCUT2D eigenvalue weighted by Crippen LogP contribution is -2.30. The predicted octanol–water partition coefficient (Wildman–Crippen LogP) is 3.47. The molecule has 5 atom stereocenters. The fraction of sp³-hybridized carbons (Fsp3) is 0.706. The molecule has 2 nitrogen and oxygen atoms in total. The monoisotopic (exact) mass is 256 g/mol. The summed E-state index contributed by atoms with van der Waals surface area (Å²) in [5.41, 5.74) is 8.53. The second-order valence-electron chi connectivity index (χ2n) is 6.87. The van der Waals surface area contributed by atoms with E-state index in [4.69, 9.17) is 10.7 Å². The van der Waals surface area contributed by atoms with Crippen LogP contribution in [0.25, 0.3) is 0 Å². The normalized spacial score (nSPS) is 40.4. The topological polar surface area (TPSA) is 38.9 Å². The molecule has 4 rings (SSSR count). The Hall–Kier alpha value is -0.890. The van der Waals surface area contributed by atoms with Gasteiger partial charge in [-0.25, -0.2) is 0 Å². The number of hydrogen-bond acceptors (Lipinski definition) is 2. The first-order chi connectivity index (χ1) is 9.38. The molecule has 1 aromatic heterocycles. The van der Waals surface area contributed by atoms with Crippen LogP contribution in [0.5, 0.6) is 0 Å². The number of pyridine rings is 1. The highest BCUT2D eigenvalue weighted by Crippen LogP contribution is 2.62. The van der Waals surface area contributed by atoms with Crippen molar-refractivity contribution in [3.05, 3.63) is 29.6 Å². The minimum atomic E-state index is 0.644. The molecule has 2 bridgehead atoms.